The molecule has 82 heavy (non-hydrogen) atoms. The summed E-state index contributed by atoms with van der Waals surface area (Å²) in [6.07, 6.45) is 104. The number of carbonyl (C=O) groups is 1. The highest BCUT2D eigenvalue weighted by Crippen LogP contribution is 2.20. The number of hydrogen-bond acceptors (Lipinski definition) is 3. The van der Waals surface area contributed by atoms with Gasteiger partial charge in [0.25, 0.3) is 0 Å². The molecule has 4 heteroatoms. The van der Waals surface area contributed by atoms with Gasteiger partial charge in [-0.25, -0.2) is 0 Å². The van der Waals surface area contributed by atoms with Gasteiger partial charge in [0.2, 0.25) is 5.91 Å². The van der Waals surface area contributed by atoms with Gasteiger partial charge in [-0.15, -0.1) is 0 Å². The topological polar surface area (TPSA) is 69.6 Å². The maximum absolute atomic E-state index is 12.6. The van der Waals surface area contributed by atoms with E-state index in [0.717, 1.165) is 38.5 Å². The summed E-state index contributed by atoms with van der Waals surface area (Å²) < 4.78 is 0. The third-order valence-corrected chi connectivity index (χ3v) is 17.8. The van der Waals surface area contributed by atoms with E-state index in [9.17, 15) is 15.0 Å². The molecule has 0 aliphatic rings. The van der Waals surface area contributed by atoms with Crippen LogP contribution in [-0.2, 0) is 4.79 Å². The van der Waals surface area contributed by atoms with Gasteiger partial charge in [-0.05, 0) is 64.2 Å². The number of aliphatic hydroxyl groups excluding tert-OH is 2. The van der Waals surface area contributed by atoms with Crippen LogP contribution in [0.15, 0.2) is 48.6 Å². The van der Waals surface area contributed by atoms with Crippen molar-refractivity contribution in [2.24, 2.45) is 0 Å². The number of unbranched alkanes of at least 4 members (excludes halogenated alkanes) is 58. The molecule has 0 saturated carbocycles. The van der Waals surface area contributed by atoms with Gasteiger partial charge in [0.05, 0.1) is 18.8 Å². The molecule has 0 heterocycles. The SMILES string of the molecule is CCCCCCC/C=C\C/C=C\CCCCCCCCCCCCCCCCCCCCCCCCCCCCCCCC(=O)NC(CO)C(O)/C=C/CC/C=C/CCCCCCCCCCCCCCCCCCCCCCCCC. The fourth-order valence-corrected chi connectivity index (χ4v) is 12.1. The van der Waals surface area contributed by atoms with Crippen molar-refractivity contribution in [1.29, 1.82) is 0 Å². The van der Waals surface area contributed by atoms with E-state index < -0.39 is 12.1 Å². The number of rotatable bonds is 71. The first-order valence-electron chi connectivity index (χ1n) is 37.9. The highest BCUT2D eigenvalue weighted by molar-refractivity contribution is 5.76. The summed E-state index contributed by atoms with van der Waals surface area (Å²) in [6, 6.07) is -0.640. The second kappa shape index (κ2) is 73.6. The lowest BCUT2D eigenvalue weighted by atomic mass is 10.0. The maximum Gasteiger partial charge on any atom is 0.220 e. The molecule has 0 bridgehead atoms. The normalized spacial score (nSPS) is 12.9. The lowest BCUT2D eigenvalue weighted by Gasteiger charge is -2.19. The van der Waals surface area contributed by atoms with E-state index in [4.69, 9.17) is 0 Å². The van der Waals surface area contributed by atoms with Crippen molar-refractivity contribution >= 4 is 5.91 Å². The fourth-order valence-electron chi connectivity index (χ4n) is 12.1. The van der Waals surface area contributed by atoms with Gasteiger partial charge in [-0.1, -0.05) is 403 Å². The summed E-state index contributed by atoms with van der Waals surface area (Å²) in [5, 5.41) is 23.3. The largest absolute Gasteiger partial charge is 0.394 e. The molecule has 0 aromatic heterocycles. The standard InChI is InChI=1S/C78H149NO3/c1-3-5-7-9-11-13-15-17-19-21-23-25-27-29-31-33-34-35-36-37-38-39-40-41-42-43-44-46-48-50-52-54-56-58-60-62-64-66-68-70-72-74-78(82)79-76(75-80)77(81)73-71-69-67-65-63-61-59-57-55-53-51-49-47-45-32-30-28-26-24-22-20-18-16-14-12-10-8-6-4-2/h15,17,21,23,63,65,71,73,76-77,80-81H,3-14,16,18-20,22,24-62,64,66-70,72,74-75H2,1-2H3,(H,79,82)/b17-15-,23-21-,65-63+,73-71+. The smallest absolute Gasteiger partial charge is 0.220 e. The Morgan fingerprint density at radius 1 is 0.293 bits per heavy atom. The van der Waals surface area contributed by atoms with Gasteiger partial charge in [0, 0.05) is 6.42 Å². The van der Waals surface area contributed by atoms with Crippen LogP contribution in [0.5, 0.6) is 0 Å². The maximum atomic E-state index is 12.6. The molecule has 3 N–H and O–H groups in total. The van der Waals surface area contributed by atoms with Crippen molar-refractivity contribution in [2.75, 3.05) is 6.61 Å². The molecular formula is C78H149NO3. The minimum atomic E-state index is -0.863. The van der Waals surface area contributed by atoms with Crippen molar-refractivity contribution in [3.63, 3.8) is 0 Å². The van der Waals surface area contributed by atoms with Crippen molar-refractivity contribution in [1.82, 2.24) is 5.32 Å². The van der Waals surface area contributed by atoms with Gasteiger partial charge in [-0.3, -0.25) is 4.79 Å². The third-order valence-electron chi connectivity index (χ3n) is 17.8. The van der Waals surface area contributed by atoms with Crippen LogP contribution in [-0.4, -0.2) is 34.9 Å². The van der Waals surface area contributed by atoms with E-state index in [1.165, 1.54) is 366 Å². The Labute approximate surface area is 515 Å². The van der Waals surface area contributed by atoms with Gasteiger partial charge in [-0.2, -0.15) is 0 Å². The summed E-state index contributed by atoms with van der Waals surface area (Å²) >= 11 is 0. The molecule has 1 amide bonds. The number of carbonyl (C=O) groups excluding carboxylic acids is 1. The van der Waals surface area contributed by atoms with Crippen molar-refractivity contribution in [3.8, 4) is 0 Å². The van der Waals surface area contributed by atoms with E-state index in [-0.39, 0.29) is 12.5 Å². The van der Waals surface area contributed by atoms with Gasteiger partial charge < -0.3 is 15.5 Å². The Morgan fingerprint density at radius 2 is 0.512 bits per heavy atom. The molecule has 0 aromatic rings. The first kappa shape index (κ1) is 80.3. The molecule has 0 aliphatic carbocycles. The zero-order valence-electron chi connectivity index (χ0n) is 56.0. The van der Waals surface area contributed by atoms with E-state index in [1.807, 2.05) is 6.08 Å². The summed E-state index contributed by atoms with van der Waals surface area (Å²) in [5.74, 6) is -0.0648. The molecule has 484 valence electrons. The quantitative estimate of drug-likeness (QED) is 0.0420. The van der Waals surface area contributed by atoms with Gasteiger partial charge in [0.1, 0.15) is 0 Å². The molecule has 0 aliphatic heterocycles. The first-order valence-corrected chi connectivity index (χ1v) is 37.9. The average molecular weight is 1150 g/mol. The van der Waals surface area contributed by atoms with Gasteiger partial charge >= 0.3 is 0 Å². The van der Waals surface area contributed by atoms with Crippen LogP contribution in [0.1, 0.15) is 425 Å². The molecule has 2 unspecified atom stereocenters. The van der Waals surface area contributed by atoms with Crippen LogP contribution < -0.4 is 5.32 Å². The van der Waals surface area contributed by atoms with Crippen molar-refractivity contribution < 1.29 is 15.0 Å². The van der Waals surface area contributed by atoms with Crippen LogP contribution in [0.2, 0.25) is 0 Å². The molecular weight excluding hydrogens is 999 g/mol. The molecule has 0 spiro atoms. The lowest BCUT2D eigenvalue weighted by molar-refractivity contribution is -0.123. The van der Waals surface area contributed by atoms with E-state index in [2.05, 4.69) is 55.6 Å². The van der Waals surface area contributed by atoms with Crippen LogP contribution in [0.25, 0.3) is 0 Å². The Hall–Kier alpha value is -1.65. The monoisotopic (exact) mass is 1150 g/mol. The number of amides is 1. The number of nitrogens with one attached hydrogen (secondary N) is 1. The van der Waals surface area contributed by atoms with Crippen molar-refractivity contribution in [2.45, 2.75) is 437 Å². The van der Waals surface area contributed by atoms with E-state index in [1.54, 1.807) is 6.08 Å². The molecule has 0 saturated heterocycles. The summed E-state index contributed by atoms with van der Waals surface area (Å²) in [6.45, 7) is 4.33. The predicted octanol–water partition coefficient (Wildman–Crippen LogP) is 26.1. The number of allylic oxidation sites excluding steroid dienone is 7. The van der Waals surface area contributed by atoms with E-state index >= 15 is 0 Å². The molecule has 4 nitrogen and oxygen atoms in total. The Bertz CT molecular complexity index is 1300. The van der Waals surface area contributed by atoms with Crippen molar-refractivity contribution in [3.05, 3.63) is 48.6 Å². The zero-order chi connectivity index (χ0) is 59.1. The lowest BCUT2D eigenvalue weighted by Crippen LogP contribution is -2.45. The number of hydrogen-bond donors (Lipinski definition) is 3. The summed E-state index contributed by atoms with van der Waals surface area (Å²) in [4.78, 5) is 12.6. The first-order chi connectivity index (χ1) is 40.7. The molecule has 0 radical (unpaired) electrons. The molecule has 0 fully saturated rings. The van der Waals surface area contributed by atoms with Crippen LogP contribution in [0, 0.1) is 0 Å². The van der Waals surface area contributed by atoms with Crippen LogP contribution in [0.4, 0.5) is 0 Å². The summed E-state index contributed by atoms with van der Waals surface area (Å²) in [7, 11) is 0. The summed E-state index contributed by atoms with van der Waals surface area (Å²) in [5.41, 5.74) is 0. The van der Waals surface area contributed by atoms with Crippen LogP contribution in [0.3, 0.4) is 0 Å². The van der Waals surface area contributed by atoms with Crippen LogP contribution >= 0.6 is 0 Å². The molecule has 2 atom stereocenters. The minimum absolute atomic E-state index is 0.0648. The molecule has 0 aromatic carbocycles. The predicted molar refractivity (Wildman–Crippen MR) is 368 cm³/mol. The Morgan fingerprint density at radius 3 is 0.780 bits per heavy atom. The fraction of sp³-hybridized carbons (Fsp3) is 0.885. The number of aliphatic hydroxyl groups is 2. The highest BCUT2D eigenvalue weighted by atomic mass is 16.3. The van der Waals surface area contributed by atoms with Gasteiger partial charge in [0.15, 0.2) is 0 Å². The van der Waals surface area contributed by atoms with E-state index in [0.29, 0.717) is 6.42 Å². The highest BCUT2D eigenvalue weighted by Gasteiger charge is 2.18. The Kier molecular flexibility index (Phi) is 72.1. The second-order valence-electron chi connectivity index (χ2n) is 26.1. The third kappa shape index (κ3) is 69.1. The average Bonchev–Trinajstić information content (AvgIpc) is 3.50. The second-order valence-corrected chi connectivity index (χ2v) is 26.1. The Balaban J connectivity index is 3.41. The minimum Gasteiger partial charge on any atom is -0.394 e. The molecule has 0 rings (SSSR count). The zero-order valence-corrected chi connectivity index (χ0v) is 56.0.